The molecule has 114 valence electrons. The average molecular weight is 302 g/mol. The maximum absolute atomic E-state index is 9.18. The first-order chi connectivity index (χ1) is 11.3. The normalized spacial score (nSPS) is 11.4. The molecule has 1 aromatic heterocycles. The molecule has 0 unspecified atom stereocenters. The lowest BCUT2D eigenvalue weighted by Gasteiger charge is -2.12. The molecule has 0 atom stereocenters. The van der Waals surface area contributed by atoms with Gasteiger partial charge in [-0.05, 0) is 24.1 Å². The molecular weight excluding hydrogens is 284 g/mol. The standard InChI is InChI=1S/C20H18N2O/c1-2-18(22-23)19-14-13-17(15-9-5-3-6-10-15)20(21-19)16-11-7-4-8-12-16/h3-14,23H,2H2,1H3/b22-18-. The van der Waals surface area contributed by atoms with E-state index in [1.165, 1.54) is 0 Å². The number of nitrogens with zero attached hydrogens (tertiary/aromatic N) is 2. The van der Waals surface area contributed by atoms with Gasteiger partial charge in [-0.25, -0.2) is 4.98 Å². The third-order valence-corrected chi connectivity index (χ3v) is 3.78. The van der Waals surface area contributed by atoms with Crippen molar-refractivity contribution in [2.45, 2.75) is 13.3 Å². The summed E-state index contributed by atoms with van der Waals surface area (Å²) in [5.74, 6) is 0. The molecule has 3 rings (SSSR count). The van der Waals surface area contributed by atoms with Crippen molar-refractivity contribution < 1.29 is 5.21 Å². The number of benzene rings is 2. The van der Waals surface area contributed by atoms with Gasteiger partial charge in [-0.2, -0.15) is 0 Å². The Morgan fingerprint density at radius 2 is 1.48 bits per heavy atom. The van der Waals surface area contributed by atoms with Crippen LogP contribution < -0.4 is 0 Å². The first-order valence-electron chi connectivity index (χ1n) is 7.66. The number of oxime groups is 1. The molecule has 1 N–H and O–H groups in total. The molecule has 0 spiro atoms. The minimum absolute atomic E-state index is 0.585. The molecule has 0 amide bonds. The summed E-state index contributed by atoms with van der Waals surface area (Å²) in [6.45, 7) is 1.95. The van der Waals surface area contributed by atoms with Gasteiger partial charge in [0, 0.05) is 11.1 Å². The van der Waals surface area contributed by atoms with Crippen molar-refractivity contribution in [1.29, 1.82) is 0 Å². The van der Waals surface area contributed by atoms with Gasteiger partial charge in [0.15, 0.2) is 0 Å². The van der Waals surface area contributed by atoms with Crippen LogP contribution >= 0.6 is 0 Å². The fourth-order valence-electron chi connectivity index (χ4n) is 2.59. The number of aromatic nitrogens is 1. The number of hydrogen-bond donors (Lipinski definition) is 1. The fourth-order valence-corrected chi connectivity index (χ4v) is 2.59. The summed E-state index contributed by atoms with van der Waals surface area (Å²) in [7, 11) is 0. The van der Waals surface area contributed by atoms with Crippen LogP contribution in [-0.2, 0) is 0 Å². The molecule has 0 radical (unpaired) electrons. The summed E-state index contributed by atoms with van der Waals surface area (Å²) in [5, 5.41) is 12.5. The zero-order chi connectivity index (χ0) is 16.1. The van der Waals surface area contributed by atoms with E-state index in [-0.39, 0.29) is 0 Å². The molecular formula is C20H18N2O. The lowest BCUT2D eigenvalue weighted by atomic mass is 9.98. The molecule has 0 aliphatic carbocycles. The van der Waals surface area contributed by atoms with E-state index < -0.39 is 0 Å². The second-order valence-corrected chi connectivity index (χ2v) is 5.22. The van der Waals surface area contributed by atoms with E-state index in [0.717, 1.165) is 22.4 Å². The van der Waals surface area contributed by atoms with Gasteiger partial charge in [-0.15, -0.1) is 0 Å². The van der Waals surface area contributed by atoms with E-state index >= 15 is 0 Å². The van der Waals surface area contributed by atoms with Crippen molar-refractivity contribution in [1.82, 2.24) is 4.98 Å². The zero-order valence-electron chi connectivity index (χ0n) is 13.0. The highest BCUT2D eigenvalue weighted by molar-refractivity contribution is 5.99. The van der Waals surface area contributed by atoms with Gasteiger partial charge in [0.05, 0.1) is 11.4 Å². The molecule has 1 heterocycles. The Labute approximate surface area is 136 Å². The third kappa shape index (κ3) is 3.14. The molecule has 3 nitrogen and oxygen atoms in total. The molecule has 0 aliphatic rings. The minimum Gasteiger partial charge on any atom is -0.411 e. The monoisotopic (exact) mass is 302 g/mol. The second-order valence-electron chi connectivity index (χ2n) is 5.22. The second kappa shape index (κ2) is 6.88. The Morgan fingerprint density at radius 3 is 2.04 bits per heavy atom. The number of pyridine rings is 1. The van der Waals surface area contributed by atoms with Crippen LogP contribution in [0.15, 0.2) is 78.0 Å². The van der Waals surface area contributed by atoms with E-state index in [4.69, 9.17) is 4.98 Å². The van der Waals surface area contributed by atoms with Crippen molar-refractivity contribution in [2.24, 2.45) is 5.16 Å². The topological polar surface area (TPSA) is 45.5 Å². The van der Waals surface area contributed by atoms with Gasteiger partial charge in [0.1, 0.15) is 5.71 Å². The van der Waals surface area contributed by atoms with Crippen molar-refractivity contribution in [3.63, 3.8) is 0 Å². The Morgan fingerprint density at radius 1 is 0.870 bits per heavy atom. The van der Waals surface area contributed by atoms with E-state index in [2.05, 4.69) is 17.3 Å². The molecule has 3 aromatic rings. The molecule has 0 fully saturated rings. The predicted molar refractivity (Wildman–Crippen MR) is 93.7 cm³/mol. The highest BCUT2D eigenvalue weighted by Crippen LogP contribution is 2.30. The third-order valence-electron chi connectivity index (χ3n) is 3.78. The van der Waals surface area contributed by atoms with E-state index in [1.807, 2.05) is 67.6 Å². The number of hydrogen-bond acceptors (Lipinski definition) is 3. The van der Waals surface area contributed by atoms with Crippen LogP contribution in [0.5, 0.6) is 0 Å². The van der Waals surface area contributed by atoms with Crippen LogP contribution in [-0.4, -0.2) is 15.9 Å². The Kier molecular flexibility index (Phi) is 4.48. The summed E-state index contributed by atoms with van der Waals surface area (Å²) < 4.78 is 0. The van der Waals surface area contributed by atoms with Crippen LogP contribution in [0.3, 0.4) is 0 Å². The lowest BCUT2D eigenvalue weighted by molar-refractivity contribution is 0.318. The van der Waals surface area contributed by atoms with Gasteiger partial charge in [-0.3, -0.25) is 0 Å². The van der Waals surface area contributed by atoms with Crippen LogP contribution in [0.2, 0.25) is 0 Å². The Balaban J connectivity index is 2.21. The minimum atomic E-state index is 0.585. The molecule has 0 saturated carbocycles. The SMILES string of the molecule is CC/C(=N/O)c1ccc(-c2ccccc2)c(-c2ccccc2)n1. The molecule has 0 bridgehead atoms. The highest BCUT2D eigenvalue weighted by atomic mass is 16.4. The summed E-state index contributed by atoms with van der Waals surface area (Å²) >= 11 is 0. The first-order valence-corrected chi connectivity index (χ1v) is 7.66. The van der Waals surface area contributed by atoms with Gasteiger partial charge in [-0.1, -0.05) is 72.7 Å². The van der Waals surface area contributed by atoms with Gasteiger partial charge >= 0.3 is 0 Å². The molecule has 2 aromatic carbocycles. The van der Waals surface area contributed by atoms with Crippen molar-refractivity contribution >= 4 is 5.71 Å². The molecule has 0 aliphatic heterocycles. The quantitative estimate of drug-likeness (QED) is 0.418. The van der Waals surface area contributed by atoms with Crippen LogP contribution in [0, 0.1) is 0 Å². The number of rotatable bonds is 4. The average Bonchev–Trinajstić information content (AvgIpc) is 2.64. The van der Waals surface area contributed by atoms with Crippen LogP contribution in [0.4, 0.5) is 0 Å². The largest absolute Gasteiger partial charge is 0.411 e. The summed E-state index contributed by atoms with van der Waals surface area (Å²) in [5.41, 5.74) is 5.40. The molecule has 3 heteroatoms. The van der Waals surface area contributed by atoms with Gasteiger partial charge < -0.3 is 5.21 Å². The van der Waals surface area contributed by atoms with E-state index in [1.54, 1.807) is 0 Å². The predicted octanol–water partition coefficient (Wildman–Crippen LogP) is 5.00. The van der Waals surface area contributed by atoms with Crippen molar-refractivity contribution in [2.75, 3.05) is 0 Å². The zero-order valence-corrected chi connectivity index (χ0v) is 13.0. The van der Waals surface area contributed by atoms with Crippen LogP contribution in [0.1, 0.15) is 19.0 Å². The Hall–Kier alpha value is -2.94. The van der Waals surface area contributed by atoms with Crippen LogP contribution in [0.25, 0.3) is 22.4 Å². The maximum atomic E-state index is 9.18. The summed E-state index contributed by atoms with van der Waals surface area (Å²) in [6, 6.07) is 24.2. The van der Waals surface area contributed by atoms with Gasteiger partial charge in [0.2, 0.25) is 0 Å². The van der Waals surface area contributed by atoms with E-state index in [0.29, 0.717) is 17.8 Å². The lowest BCUT2D eigenvalue weighted by Crippen LogP contribution is -2.04. The van der Waals surface area contributed by atoms with Crippen molar-refractivity contribution in [3.05, 3.63) is 78.5 Å². The summed E-state index contributed by atoms with van der Waals surface area (Å²) in [4.78, 5) is 4.77. The van der Waals surface area contributed by atoms with Gasteiger partial charge in [0.25, 0.3) is 0 Å². The molecule has 23 heavy (non-hydrogen) atoms. The maximum Gasteiger partial charge on any atom is 0.105 e. The first kappa shape index (κ1) is 15.0. The Bertz CT molecular complexity index is 812. The van der Waals surface area contributed by atoms with E-state index in [9.17, 15) is 5.21 Å². The van der Waals surface area contributed by atoms with Crippen molar-refractivity contribution in [3.8, 4) is 22.4 Å². The summed E-state index contributed by atoms with van der Waals surface area (Å²) in [6.07, 6.45) is 0.627. The molecule has 0 saturated heterocycles. The fraction of sp³-hybridized carbons (Fsp3) is 0.100. The smallest absolute Gasteiger partial charge is 0.105 e. The highest BCUT2D eigenvalue weighted by Gasteiger charge is 2.12.